The Hall–Kier alpha value is -8.41. The summed E-state index contributed by atoms with van der Waals surface area (Å²) in [4.78, 5) is 54.3. The van der Waals surface area contributed by atoms with Crippen LogP contribution in [0.15, 0.2) is 131 Å². The average Bonchev–Trinajstić information content (AvgIpc) is 4.23. The highest BCUT2D eigenvalue weighted by Crippen LogP contribution is 2.35. The topological polar surface area (TPSA) is 186 Å². The highest BCUT2D eigenvalue weighted by Gasteiger charge is 2.30. The highest BCUT2D eigenvalue weighted by atomic mass is 32.1. The molecule has 3 heterocycles. The summed E-state index contributed by atoms with van der Waals surface area (Å²) >= 11 is 2.91. The first-order valence-corrected chi connectivity index (χ1v) is 25.2. The summed E-state index contributed by atoms with van der Waals surface area (Å²) in [6.45, 7) is 5.94. The smallest absolute Gasteiger partial charge is 0.224 e. The van der Waals surface area contributed by atoms with Crippen LogP contribution in [0.25, 0.3) is 42.6 Å². The lowest BCUT2D eigenvalue weighted by atomic mass is 10.0. The van der Waals surface area contributed by atoms with E-state index < -0.39 is 0 Å². The van der Waals surface area contributed by atoms with Crippen LogP contribution in [0.3, 0.4) is 0 Å². The van der Waals surface area contributed by atoms with Gasteiger partial charge in [0.15, 0.2) is 0 Å². The van der Waals surface area contributed by atoms with Crippen LogP contribution in [0.4, 0.5) is 16.2 Å². The fourth-order valence-electron chi connectivity index (χ4n) is 9.42. The molecule has 0 saturated heterocycles. The summed E-state index contributed by atoms with van der Waals surface area (Å²) in [6, 6.07) is 37.0. The van der Waals surface area contributed by atoms with Crippen molar-refractivity contribution in [3.8, 4) is 22.6 Å². The number of hydrogen-bond acceptors (Lipinski definition) is 16. The normalized spacial score (nSPS) is 16.2. The van der Waals surface area contributed by atoms with E-state index in [-0.39, 0.29) is 29.6 Å². The van der Waals surface area contributed by atoms with Crippen molar-refractivity contribution in [3.05, 3.63) is 154 Å². The van der Waals surface area contributed by atoms with E-state index in [9.17, 15) is 14.4 Å². The van der Waals surface area contributed by atoms with E-state index in [0.717, 1.165) is 70.6 Å². The number of hydrogen-bond donors (Lipinski definition) is 3. The molecule has 3 aromatic heterocycles. The standard InChI is InChI=1S/C55H44N10O5S2/c1-28(2)69-36-15-16-38-35(21-36)26-46(50(38)66)61-63-54-57-42-17-9-30(20-49(42)72-54)19-29(3)70-37-14-12-34-25-45(52(68)40(34)27-37)60-64-55-58-43-23-32(13-18-48(43)71-55)31-10-11-33-24-44(51(67)39(33)22-31)59-62-53-56-41-7-5-6-8-47(41)65(53)4/h5-18,20-23,27-29H,19,24-26H2,1-4H3,(H,56,62)(H,57,63)(H,58,64)/b59-44-,60-45-,61-46-. The highest BCUT2D eigenvalue weighted by molar-refractivity contribution is 7.22. The minimum atomic E-state index is -0.190. The number of ketones is 3. The zero-order valence-corrected chi connectivity index (χ0v) is 41.1. The predicted molar refractivity (Wildman–Crippen MR) is 285 cm³/mol. The second-order valence-corrected chi connectivity index (χ2v) is 20.4. The molecular formula is C55H44N10O5S2. The van der Waals surface area contributed by atoms with Crippen LogP contribution in [0, 0.1) is 0 Å². The third-order valence-corrected chi connectivity index (χ3v) is 14.8. The summed E-state index contributed by atoms with van der Waals surface area (Å²) < 4.78 is 16.0. The Morgan fingerprint density at radius 2 is 1.19 bits per heavy atom. The summed E-state index contributed by atoms with van der Waals surface area (Å²) in [7, 11) is 1.91. The molecule has 3 aliphatic rings. The molecule has 0 amide bonds. The van der Waals surface area contributed by atoms with E-state index in [1.54, 1.807) is 12.1 Å². The molecule has 3 N–H and O–H groups in total. The number of aryl methyl sites for hydroxylation is 1. The lowest BCUT2D eigenvalue weighted by Crippen LogP contribution is -2.15. The third-order valence-electron chi connectivity index (χ3n) is 12.9. The van der Waals surface area contributed by atoms with Gasteiger partial charge in [-0.15, -0.1) is 0 Å². The maximum absolute atomic E-state index is 13.6. The fourth-order valence-corrected chi connectivity index (χ4v) is 11.1. The summed E-state index contributed by atoms with van der Waals surface area (Å²) in [5.74, 6) is 1.54. The second-order valence-electron chi connectivity index (χ2n) is 18.3. The van der Waals surface area contributed by atoms with Crippen LogP contribution in [0.5, 0.6) is 11.5 Å². The van der Waals surface area contributed by atoms with Crippen molar-refractivity contribution in [2.45, 2.75) is 58.7 Å². The first-order valence-electron chi connectivity index (χ1n) is 23.5. The number of carbonyl (C=O) groups excluding carboxylic acids is 3. The van der Waals surface area contributed by atoms with Crippen molar-refractivity contribution in [2.75, 3.05) is 16.3 Å². The Morgan fingerprint density at radius 1 is 0.569 bits per heavy atom. The van der Waals surface area contributed by atoms with E-state index in [4.69, 9.17) is 14.5 Å². The zero-order valence-electron chi connectivity index (χ0n) is 39.4. The van der Waals surface area contributed by atoms with Gasteiger partial charge in [-0.05, 0) is 127 Å². The maximum Gasteiger partial charge on any atom is 0.224 e. The van der Waals surface area contributed by atoms with Gasteiger partial charge in [0.2, 0.25) is 33.6 Å². The summed E-state index contributed by atoms with van der Waals surface area (Å²) in [6.07, 6.45) is 1.73. The minimum Gasteiger partial charge on any atom is -0.491 e. The molecule has 6 aromatic carbocycles. The second kappa shape index (κ2) is 18.1. The maximum atomic E-state index is 13.6. The Labute approximate surface area is 420 Å². The van der Waals surface area contributed by atoms with Gasteiger partial charge in [-0.1, -0.05) is 65.1 Å². The number of Topliss-reactive ketones (excluding diaryl/α,β-unsaturated/α-hetero) is 3. The Bertz CT molecular complexity index is 3850. The van der Waals surface area contributed by atoms with Gasteiger partial charge in [0.1, 0.15) is 28.6 Å². The largest absolute Gasteiger partial charge is 0.491 e. The molecule has 15 nitrogen and oxygen atoms in total. The minimum absolute atomic E-state index is 0.0426. The summed E-state index contributed by atoms with van der Waals surface area (Å²) in [5, 5.41) is 14.6. The predicted octanol–water partition coefficient (Wildman–Crippen LogP) is 10.9. The number of anilines is 3. The molecule has 72 heavy (non-hydrogen) atoms. The van der Waals surface area contributed by atoms with E-state index in [0.29, 0.717) is 81.5 Å². The van der Waals surface area contributed by atoms with Gasteiger partial charge in [-0.2, -0.15) is 15.3 Å². The molecule has 0 fully saturated rings. The van der Waals surface area contributed by atoms with Gasteiger partial charge in [0, 0.05) is 49.4 Å². The fraction of sp³-hybridized carbons (Fsp3) is 0.182. The van der Waals surface area contributed by atoms with Crippen molar-refractivity contribution in [3.63, 3.8) is 0 Å². The quantitative estimate of drug-likeness (QED) is 0.0933. The molecule has 0 bridgehead atoms. The summed E-state index contributed by atoms with van der Waals surface area (Å²) in [5.41, 5.74) is 21.2. The number of nitrogens with one attached hydrogen (secondary N) is 3. The van der Waals surface area contributed by atoms with Gasteiger partial charge in [-0.25, -0.2) is 20.4 Å². The number of ether oxygens (including phenoxy) is 2. The van der Waals surface area contributed by atoms with Crippen LogP contribution in [-0.4, -0.2) is 66.2 Å². The van der Waals surface area contributed by atoms with Gasteiger partial charge in [-0.3, -0.25) is 25.2 Å². The van der Waals surface area contributed by atoms with Crippen LogP contribution >= 0.6 is 22.7 Å². The van der Waals surface area contributed by atoms with Crippen LogP contribution in [0.1, 0.15) is 74.1 Å². The molecule has 0 aliphatic heterocycles. The van der Waals surface area contributed by atoms with Crippen molar-refractivity contribution in [2.24, 2.45) is 22.4 Å². The van der Waals surface area contributed by atoms with Gasteiger partial charge >= 0.3 is 0 Å². The van der Waals surface area contributed by atoms with Crippen molar-refractivity contribution in [1.82, 2.24) is 19.5 Å². The Morgan fingerprint density at radius 3 is 1.96 bits per heavy atom. The number of carbonyl (C=O) groups is 3. The molecule has 3 aliphatic carbocycles. The number of para-hydroxylation sites is 2. The first kappa shape index (κ1) is 44.8. The molecule has 9 aromatic rings. The van der Waals surface area contributed by atoms with Crippen molar-refractivity contribution in [1.29, 1.82) is 0 Å². The molecule has 356 valence electrons. The Balaban J connectivity index is 0.658. The molecule has 1 atom stereocenters. The van der Waals surface area contributed by atoms with E-state index >= 15 is 0 Å². The molecule has 12 rings (SSSR count). The SMILES string of the molecule is CC(C)Oc1ccc2c(c1)C/C(=N/Nc1nc3ccc(CC(C)Oc4ccc5c(c4)C(=O)/C(=N\Nc4nc6cc(-c7ccc8c(c7)C(=O)/C(=N\Nc7nc9ccccc9n7C)C8)ccc6s4)C5)cc3s1)C2=O. The molecule has 0 spiro atoms. The molecular weight excluding hydrogens is 945 g/mol. The molecule has 0 saturated carbocycles. The molecule has 17 heteroatoms. The zero-order chi connectivity index (χ0) is 49.2. The van der Waals surface area contributed by atoms with Crippen LogP contribution in [-0.2, 0) is 32.7 Å². The van der Waals surface area contributed by atoms with E-state index in [1.165, 1.54) is 22.7 Å². The van der Waals surface area contributed by atoms with Crippen LogP contribution in [0.2, 0.25) is 0 Å². The number of aromatic nitrogens is 4. The number of thiazole rings is 2. The van der Waals surface area contributed by atoms with Gasteiger partial charge in [0.25, 0.3) is 0 Å². The van der Waals surface area contributed by atoms with Crippen molar-refractivity contribution >= 4 is 105 Å². The van der Waals surface area contributed by atoms with E-state index in [1.807, 2.05) is 129 Å². The van der Waals surface area contributed by atoms with Crippen LogP contribution < -0.4 is 25.8 Å². The molecule has 0 radical (unpaired) electrons. The lowest BCUT2D eigenvalue weighted by molar-refractivity contribution is 0.106. The monoisotopic (exact) mass is 988 g/mol. The van der Waals surface area contributed by atoms with Gasteiger partial charge < -0.3 is 14.0 Å². The number of rotatable bonds is 13. The van der Waals surface area contributed by atoms with E-state index in [2.05, 4.69) is 47.6 Å². The number of hydrazone groups is 3. The van der Waals surface area contributed by atoms with Gasteiger partial charge in [0.05, 0.1) is 43.7 Å². The first-order chi connectivity index (χ1) is 35.0. The number of nitrogens with zero attached hydrogens (tertiary/aromatic N) is 7. The Kier molecular flexibility index (Phi) is 11.2. The number of benzene rings is 6. The van der Waals surface area contributed by atoms with Crippen molar-refractivity contribution < 1.29 is 23.9 Å². The lowest BCUT2D eigenvalue weighted by Gasteiger charge is -2.15. The average molecular weight is 989 g/mol. The number of imidazole rings is 1. The molecule has 1 unspecified atom stereocenters. The number of fused-ring (bicyclic) bond motifs is 6. The third kappa shape index (κ3) is 8.55.